The zero-order valence-electron chi connectivity index (χ0n) is 3.71. The Hall–Kier alpha value is -0.370. The fourth-order valence-electron chi connectivity index (χ4n) is 0.380. The maximum absolute atomic E-state index is 5.40. The molecule has 1 aliphatic heterocycles. The van der Waals surface area contributed by atoms with Gasteiger partial charge in [-0.2, -0.15) is 0 Å². The summed E-state index contributed by atoms with van der Waals surface area (Å²) in [4.78, 5) is 7.61. The Morgan fingerprint density at radius 3 is 2.86 bits per heavy atom. The van der Waals surface area contributed by atoms with Crippen molar-refractivity contribution in [1.29, 1.82) is 0 Å². The molecule has 0 aromatic heterocycles. The van der Waals surface area contributed by atoms with Gasteiger partial charge in [-0.15, -0.1) is 11.6 Å². The van der Waals surface area contributed by atoms with Crippen molar-refractivity contribution in [3.05, 3.63) is 0 Å². The van der Waals surface area contributed by atoms with Crippen LogP contribution in [0.1, 0.15) is 0 Å². The lowest BCUT2D eigenvalue weighted by Gasteiger charge is -1.89. The van der Waals surface area contributed by atoms with Crippen molar-refractivity contribution in [2.75, 3.05) is 5.88 Å². The smallest absolute Gasteiger partial charge is 0.110 e. The normalized spacial score (nSPS) is 26.7. The van der Waals surface area contributed by atoms with Crippen molar-refractivity contribution < 1.29 is 0 Å². The predicted molar refractivity (Wildman–Crippen MR) is 31.5 cm³/mol. The molecule has 38 valence electrons. The maximum Gasteiger partial charge on any atom is 0.110 e. The highest BCUT2D eigenvalue weighted by molar-refractivity contribution is 6.19. The molecule has 1 aliphatic rings. The van der Waals surface area contributed by atoms with Crippen LogP contribution in [-0.4, -0.2) is 24.5 Å². The van der Waals surface area contributed by atoms with E-state index in [0.29, 0.717) is 5.88 Å². The van der Waals surface area contributed by atoms with E-state index in [9.17, 15) is 0 Å². The van der Waals surface area contributed by atoms with Crippen LogP contribution < -0.4 is 0 Å². The van der Waals surface area contributed by atoms with Crippen molar-refractivity contribution in [2.24, 2.45) is 9.98 Å². The van der Waals surface area contributed by atoms with Gasteiger partial charge in [-0.1, -0.05) is 0 Å². The SMILES string of the molecule is ClCC1C=NC=N1. The first kappa shape index (κ1) is 4.78. The van der Waals surface area contributed by atoms with Gasteiger partial charge >= 0.3 is 0 Å². The van der Waals surface area contributed by atoms with Gasteiger partial charge in [0, 0.05) is 12.1 Å². The molecular weight excluding hydrogens is 112 g/mol. The van der Waals surface area contributed by atoms with Crippen LogP contribution in [-0.2, 0) is 0 Å². The predicted octanol–water partition coefficient (Wildman–Crippen LogP) is 0.707. The van der Waals surface area contributed by atoms with Crippen molar-refractivity contribution in [1.82, 2.24) is 0 Å². The summed E-state index contributed by atoms with van der Waals surface area (Å²) in [6.45, 7) is 0. The molecule has 0 radical (unpaired) electrons. The lowest BCUT2D eigenvalue weighted by atomic mass is 10.4. The molecule has 0 amide bonds. The lowest BCUT2D eigenvalue weighted by molar-refractivity contribution is 1.03. The second-order valence-electron chi connectivity index (χ2n) is 1.28. The van der Waals surface area contributed by atoms with Crippen LogP contribution in [0.25, 0.3) is 0 Å². The van der Waals surface area contributed by atoms with Gasteiger partial charge in [-0.25, -0.2) is 4.99 Å². The summed E-state index contributed by atoms with van der Waals surface area (Å²) in [6.07, 6.45) is 3.25. The third kappa shape index (κ3) is 0.996. The number of hydrogen-bond acceptors (Lipinski definition) is 2. The minimum atomic E-state index is 0.140. The summed E-state index contributed by atoms with van der Waals surface area (Å²) < 4.78 is 0. The van der Waals surface area contributed by atoms with E-state index in [-0.39, 0.29) is 6.04 Å². The third-order valence-electron chi connectivity index (χ3n) is 0.741. The van der Waals surface area contributed by atoms with Crippen molar-refractivity contribution in [3.8, 4) is 0 Å². The minimum Gasteiger partial charge on any atom is -0.263 e. The first-order valence-electron chi connectivity index (χ1n) is 2.04. The lowest BCUT2D eigenvalue weighted by Crippen LogP contribution is -2.02. The zero-order chi connectivity index (χ0) is 5.11. The van der Waals surface area contributed by atoms with Crippen molar-refractivity contribution in [3.63, 3.8) is 0 Å². The van der Waals surface area contributed by atoms with Crippen molar-refractivity contribution >= 4 is 24.2 Å². The second kappa shape index (κ2) is 2.07. The largest absolute Gasteiger partial charge is 0.263 e. The number of alkyl halides is 1. The molecule has 0 N–H and O–H groups in total. The van der Waals surface area contributed by atoms with Crippen LogP contribution in [0.3, 0.4) is 0 Å². The molecule has 2 nitrogen and oxygen atoms in total. The summed E-state index contributed by atoms with van der Waals surface area (Å²) in [5.74, 6) is 0.542. The summed E-state index contributed by atoms with van der Waals surface area (Å²) >= 11 is 5.40. The van der Waals surface area contributed by atoms with Crippen LogP contribution >= 0.6 is 11.6 Å². The van der Waals surface area contributed by atoms with Gasteiger partial charge in [-0.3, -0.25) is 4.99 Å². The Labute approximate surface area is 46.9 Å². The van der Waals surface area contributed by atoms with Gasteiger partial charge in [-0.05, 0) is 0 Å². The highest BCUT2D eigenvalue weighted by atomic mass is 35.5. The summed E-state index contributed by atoms with van der Waals surface area (Å²) in [5.41, 5.74) is 0. The molecule has 0 bridgehead atoms. The highest BCUT2D eigenvalue weighted by Gasteiger charge is 2.00. The van der Waals surface area contributed by atoms with E-state index < -0.39 is 0 Å². The first-order chi connectivity index (χ1) is 3.43. The fourth-order valence-corrected chi connectivity index (χ4v) is 0.539. The van der Waals surface area contributed by atoms with Crippen molar-refractivity contribution in [2.45, 2.75) is 6.04 Å². The van der Waals surface area contributed by atoms with Crippen LogP contribution in [0.2, 0.25) is 0 Å². The van der Waals surface area contributed by atoms with Crippen LogP contribution in [0.15, 0.2) is 9.98 Å². The molecule has 0 saturated carbocycles. The fraction of sp³-hybridized carbons (Fsp3) is 0.500. The molecule has 0 aromatic carbocycles. The number of rotatable bonds is 1. The van der Waals surface area contributed by atoms with Crippen LogP contribution in [0.5, 0.6) is 0 Å². The zero-order valence-corrected chi connectivity index (χ0v) is 4.47. The number of hydrogen-bond donors (Lipinski definition) is 0. The average molecular weight is 117 g/mol. The van der Waals surface area contributed by atoms with E-state index in [0.717, 1.165) is 0 Å². The Bertz CT molecular complexity index is 96.3. The van der Waals surface area contributed by atoms with E-state index in [1.165, 1.54) is 6.34 Å². The standard InChI is InChI=1S/C4H5ClN2/c5-1-4-2-6-3-7-4/h2-4H,1H2. The maximum atomic E-state index is 5.40. The molecule has 0 spiro atoms. The Morgan fingerprint density at radius 1 is 1.71 bits per heavy atom. The first-order valence-corrected chi connectivity index (χ1v) is 2.58. The minimum absolute atomic E-state index is 0.140. The van der Waals surface area contributed by atoms with E-state index in [4.69, 9.17) is 11.6 Å². The van der Waals surface area contributed by atoms with Gasteiger partial charge in [0.1, 0.15) is 12.4 Å². The van der Waals surface area contributed by atoms with E-state index >= 15 is 0 Å². The average Bonchev–Trinajstić information content (AvgIpc) is 2.14. The molecule has 7 heavy (non-hydrogen) atoms. The van der Waals surface area contributed by atoms with Crippen LogP contribution in [0.4, 0.5) is 0 Å². The number of halogens is 1. The van der Waals surface area contributed by atoms with Gasteiger partial charge in [0.25, 0.3) is 0 Å². The molecular formula is C4H5ClN2. The molecule has 0 aromatic rings. The molecule has 3 heteroatoms. The highest BCUT2D eigenvalue weighted by Crippen LogP contribution is 1.94. The Kier molecular flexibility index (Phi) is 1.42. The topological polar surface area (TPSA) is 24.7 Å². The van der Waals surface area contributed by atoms with E-state index in [1.54, 1.807) is 6.21 Å². The molecule has 1 heterocycles. The Morgan fingerprint density at radius 2 is 2.57 bits per heavy atom. The van der Waals surface area contributed by atoms with Gasteiger partial charge < -0.3 is 0 Å². The molecule has 0 aliphatic carbocycles. The molecule has 0 saturated heterocycles. The quantitative estimate of drug-likeness (QED) is 0.451. The third-order valence-corrected chi connectivity index (χ3v) is 1.06. The van der Waals surface area contributed by atoms with Crippen LogP contribution in [0, 0.1) is 0 Å². The van der Waals surface area contributed by atoms with E-state index in [1.807, 2.05) is 0 Å². The van der Waals surface area contributed by atoms with E-state index in [2.05, 4.69) is 9.98 Å². The van der Waals surface area contributed by atoms with Gasteiger partial charge in [0.2, 0.25) is 0 Å². The number of aliphatic imine (C=N–C) groups is 2. The summed E-state index contributed by atoms with van der Waals surface area (Å²) in [7, 11) is 0. The summed E-state index contributed by atoms with van der Waals surface area (Å²) in [5, 5.41) is 0. The monoisotopic (exact) mass is 116 g/mol. The molecule has 1 atom stereocenters. The number of nitrogens with zero attached hydrogens (tertiary/aromatic N) is 2. The Balaban J connectivity index is 2.44. The second-order valence-corrected chi connectivity index (χ2v) is 1.59. The van der Waals surface area contributed by atoms with Gasteiger partial charge in [0.15, 0.2) is 0 Å². The molecule has 0 fully saturated rings. The van der Waals surface area contributed by atoms with Gasteiger partial charge in [0.05, 0.1) is 0 Å². The molecule has 1 rings (SSSR count). The summed E-state index contributed by atoms with van der Waals surface area (Å²) in [6, 6.07) is 0.140. The molecule has 1 unspecified atom stereocenters.